The highest BCUT2D eigenvalue weighted by Gasteiger charge is 2.05. The second kappa shape index (κ2) is 5.12. The van der Waals surface area contributed by atoms with Gasteiger partial charge in [0.15, 0.2) is 0 Å². The minimum absolute atomic E-state index is 0.558. The first-order valence-electron chi connectivity index (χ1n) is 5.83. The molecule has 2 aromatic carbocycles. The standard InChI is InChI=1S/C16H10Cl2O/c17-14-7-6-12(10-15(14)18)11-3-1-4-13(9-11)16-5-2-8-19-16/h1-10H. The van der Waals surface area contributed by atoms with Gasteiger partial charge in [-0.05, 0) is 41.5 Å². The molecule has 0 fully saturated rings. The van der Waals surface area contributed by atoms with Crippen LogP contribution in [0.1, 0.15) is 0 Å². The van der Waals surface area contributed by atoms with Gasteiger partial charge < -0.3 is 4.42 Å². The van der Waals surface area contributed by atoms with Crippen molar-refractivity contribution in [1.82, 2.24) is 0 Å². The van der Waals surface area contributed by atoms with Crippen LogP contribution in [-0.2, 0) is 0 Å². The molecule has 0 atom stereocenters. The third-order valence-corrected chi connectivity index (χ3v) is 3.66. The van der Waals surface area contributed by atoms with Gasteiger partial charge in [0.05, 0.1) is 16.3 Å². The molecule has 0 amide bonds. The van der Waals surface area contributed by atoms with E-state index in [-0.39, 0.29) is 0 Å². The van der Waals surface area contributed by atoms with E-state index >= 15 is 0 Å². The zero-order chi connectivity index (χ0) is 13.2. The second-order valence-corrected chi connectivity index (χ2v) is 5.00. The van der Waals surface area contributed by atoms with Gasteiger partial charge in [-0.15, -0.1) is 0 Å². The minimum atomic E-state index is 0.558. The predicted molar refractivity (Wildman–Crippen MR) is 79.6 cm³/mol. The molecule has 0 spiro atoms. The lowest BCUT2D eigenvalue weighted by molar-refractivity contribution is 0.582. The Morgan fingerprint density at radius 3 is 2.21 bits per heavy atom. The van der Waals surface area contributed by atoms with Gasteiger partial charge in [0.2, 0.25) is 0 Å². The summed E-state index contributed by atoms with van der Waals surface area (Å²) in [6.07, 6.45) is 1.67. The lowest BCUT2D eigenvalue weighted by Crippen LogP contribution is -1.80. The molecule has 94 valence electrons. The Labute approximate surface area is 121 Å². The molecule has 0 aliphatic rings. The lowest BCUT2D eigenvalue weighted by atomic mass is 10.0. The summed E-state index contributed by atoms with van der Waals surface area (Å²) in [6, 6.07) is 17.6. The Bertz CT molecular complexity index is 703. The molecule has 0 bridgehead atoms. The first-order valence-corrected chi connectivity index (χ1v) is 6.59. The van der Waals surface area contributed by atoms with Crippen LogP contribution < -0.4 is 0 Å². The summed E-state index contributed by atoms with van der Waals surface area (Å²) in [5.41, 5.74) is 3.14. The number of hydrogen-bond acceptors (Lipinski definition) is 1. The molecule has 0 saturated carbocycles. The predicted octanol–water partition coefficient (Wildman–Crippen LogP) is 5.92. The van der Waals surface area contributed by atoms with E-state index in [4.69, 9.17) is 27.6 Å². The maximum atomic E-state index is 6.05. The molecule has 1 nitrogen and oxygen atoms in total. The molecule has 1 heterocycles. The average molecular weight is 289 g/mol. The molecule has 1 aromatic heterocycles. The molecule has 19 heavy (non-hydrogen) atoms. The zero-order valence-corrected chi connectivity index (χ0v) is 11.4. The summed E-state index contributed by atoms with van der Waals surface area (Å²) < 4.78 is 5.41. The van der Waals surface area contributed by atoms with Crippen molar-refractivity contribution in [2.75, 3.05) is 0 Å². The summed E-state index contributed by atoms with van der Waals surface area (Å²) in [7, 11) is 0. The molecule has 3 aromatic rings. The van der Waals surface area contributed by atoms with Gasteiger partial charge in [0.25, 0.3) is 0 Å². The highest BCUT2D eigenvalue weighted by molar-refractivity contribution is 6.42. The van der Waals surface area contributed by atoms with Crippen LogP contribution in [0.25, 0.3) is 22.5 Å². The van der Waals surface area contributed by atoms with Crippen LogP contribution in [0, 0.1) is 0 Å². The molecule has 0 radical (unpaired) electrons. The maximum Gasteiger partial charge on any atom is 0.133 e. The largest absolute Gasteiger partial charge is 0.464 e. The molecule has 0 aliphatic carbocycles. The smallest absolute Gasteiger partial charge is 0.133 e. The molecule has 0 aliphatic heterocycles. The van der Waals surface area contributed by atoms with Crippen LogP contribution in [0.5, 0.6) is 0 Å². The van der Waals surface area contributed by atoms with Gasteiger partial charge in [0, 0.05) is 5.56 Å². The molecule has 3 rings (SSSR count). The number of furan rings is 1. The van der Waals surface area contributed by atoms with Gasteiger partial charge in [-0.1, -0.05) is 47.5 Å². The first kappa shape index (κ1) is 12.3. The van der Waals surface area contributed by atoms with E-state index in [2.05, 4.69) is 6.07 Å². The minimum Gasteiger partial charge on any atom is -0.464 e. The van der Waals surface area contributed by atoms with Crippen molar-refractivity contribution in [2.24, 2.45) is 0 Å². The van der Waals surface area contributed by atoms with Crippen molar-refractivity contribution in [1.29, 1.82) is 0 Å². The van der Waals surface area contributed by atoms with Gasteiger partial charge in [-0.25, -0.2) is 0 Å². The van der Waals surface area contributed by atoms with E-state index in [1.54, 1.807) is 12.3 Å². The summed E-state index contributed by atoms with van der Waals surface area (Å²) in [4.78, 5) is 0. The van der Waals surface area contributed by atoms with E-state index < -0.39 is 0 Å². The normalized spacial score (nSPS) is 10.6. The van der Waals surface area contributed by atoms with E-state index in [0.29, 0.717) is 10.0 Å². The first-order chi connectivity index (χ1) is 9.24. The fourth-order valence-corrected chi connectivity index (χ4v) is 2.27. The van der Waals surface area contributed by atoms with Crippen LogP contribution >= 0.6 is 23.2 Å². The molecular formula is C16H10Cl2O. The van der Waals surface area contributed by atoms with Crippen molar-refractivity contribution in [3.05, 3.63) is 70.9 Å². The summed E-state index contributed by atoms with van der Waals surface area (Å²) in [6.45, 7) is 0. The van der Waals surface area contributed by atoms with Crippen LogP contribution in [0.3, 0.4) is 0 Å². The van der Waals surface area contributed by atoms with Crippen molar-refractivity contribution in [3.63, 3.8) is 0 Å². The van der Waals surface area contributed by atoms with Crippen LogP contribution in [-0.4, -0.2) is 0 Å². The third kappa shape index (κ3) is 2.53. The summed E-state index contributed by atoms with van der Waals surface area (Å²) >= 11 is 12.0. The van der Waals surface area contributed by atoms with E-state index in [9.17, 15) is 0 Å². The molecule has 0 N–H and O–H groups in total. The maximum absolute atomic E-state index is 6.05. The Balaban J connectivity index is 2.06. The SMILES string of the molecule is Clc1ccc(-c2cccc(-c3ccco3)c2)cc1Cl. The van der Waals surface area contributed by atoms with Crippen LogP contribution in [0.2, 0.25) is 10.0 Å². The van der Waals surface area contributed by atoms with E-state index in [1.807, 2.05) is 42.5 Å². The fourth-order valence-electron chi connectivity index (χ4n) is 1.97. The highest BCUT2D eigenvalue weighted by atomic mass is 35.5. The zero-order valence-electron chi connectivity index (χ0n) is 9.94. The second-order valence-electron chi connectivity index (χ2n) is 4.19. The molecular weight excluding hydrogens is 279 g/mol. The van der Waals surface area contributed by atoms with Crippen molar-refractivity contribution in [2.45, 2.75) is 0 Å². The Morgan fingerprint density at radius 2 is 1.47 bits per heavy atom. The number of benzene rings is 2. The van der Waals surface area contributed by atoms with E-state index in [1.165, 1.54) is 0 Å². The summed E-state index contributed by atoms with van der Waals surface area (Å²) in [5, 5.41) is 1.12. The van der Waals surface area contributed by atoms with Crippen molar-refractivity contribution in [3.8, 4) is 22.5 Å². The Hall–Kier alpha value is -1.70. The number of hydrogen-bond donors (Lipinski definition) is 0. The van der Waals surface area contributed by atoms with Gasteiger partial charge in [-0.2, -0.15) is 0 Å². The van der Waals surface area contributed by atoms with E-state index in [0.717, 1.165) is 22.5 Å². The Morgan fingerprint density at radius 1 is 0.684 bits per heavy atom. The summed E-state index contributed by atoms with van der Waals surface area (Å²) in [5.74, 6) is 0.849. The van der Waals surface area contributed by atoms with Crippen molar-refractivity contribution >= 4 is 23.2 Å². The fraction of sp³-hybridized carbons (Fsp3) is 0. The number of halogens is 2. The van der Waals surface area contributed by atoms with Crippen LogP contribution in [0.15, 0.2) is 65.3 Å². The monoisotopic (exact) mass is 288 g/mol. The Kier molecular flexibility index (Phi) is 3.33. The van der Waals surface area contributed by atoms with Gasteiger partial charge in [0.1, 0.15) is 5.76 Å². The lowest BCUT2D eigenvalue weighted by Gasteiger charge is -2.05. The average Bonchev–Trinajstić information content (AvgIpc) is 2.96. The highest BCUT2D eigenvalue weighted by Crippen LogP contribution is 2.30. The number of rotatable bonds is 2. The van der Waals surface area contributed by atoms with Crippen LogP contribution in [0.4, 0.5) is 0 Å². The topological polar surface area (TPSA) is 13.1 Å². The molecule has 3 heteroatoms. The molecule has 0 unspecified atom stereocenters. The van der Waals surface area contributed by atoms with Gasteiger partial charge in [-0.3, -0.25) is 0 Å². The quantitative estimate of drug-likeness (QED) is 0.570. The molecule has 0 saturated heterocycles. The van der Waals surface area contributed by atoms with Crippen molar-refractivity contribution < 1.29 is 4.42 Å². The third-order valence-electron chi connectivity index (χ3n) is 2.92. The van der Waals surface area contributed by atoms with Gasteiger partial charge >= 0.3 is 0 Å².